The number of hydrogen-bond donors (Lipinski definition) is 0. The molecule has 114 valence electrons. The van der Waals surface area contributed by atoms with Crippen LogP contribution in [0.15, 0.2) is 27.0 Å². The lowest BCUT2D eigenvalue weighted by Crippen LogP contribution is -2.19. The smallest absolute Gasteiger partial charge is 0.341 e. The fourth-order valence-corrected chi connectivity index (χ4v) is 4.08. The van der Waals surface area contributed by atoms with Crippen LogP contribution in [-0.4, -0.2) is 19.4 Å². The normalized spacial score (nSPS) is 12.6. The Morgan fingerprint density at radius 1 is 1.38 bits per heavy atom. The van der Waals surface area contributed by atoms with Gasteiger partial charge in [-0.3, -0.25) is 4.79 Å². The maximum absolute atomic E-state index is 12.1. The topological polar surface area (TPSA) is 73.3 Å². The van der Waals surface area contributed by atoms with E-state index in [1.165, 1.54) is 23.5 Å². The molecule has 1 heterocycles. The molecule has 21 heavy (non-hydrogen) atoms. The number of thiazole rings is 1. The summed E-state index contributed by atoms with van der Waals surface area (Å²) in [5.74, 6) is -0.756. The van der Waals surface area contributed by atoms with Crippen LogP contribution in [0.1, 0.15) is 27.2 Å². The first kappa shape index (κ1) is 16.4. The first-order valence-corrected chi connectivity index (χ1v) is 9.12. The highest BCUT2D eigenvalue weighted by Crippen LogP contribution is 2.29. The fraction of sp³-hybridized carbons (Fsp3) is 0.385. The lowest BCUT2D eigenvalue weighted by atomic mass is 9.93. The molecule has 0 aliphatic rings. The van der Waals surface area contributed by atoms with E-state index in [2.05, 4.69) is 25.1 Å². The molecule has 8 heteroatoms. The minimum absolute atomic E-state index is 0.0284. The number of carbonyl (C=O) groups is 1. The first-order valence-electron chi connectivity index (χ1n) is 6.10. The van der Waals surface area contributed by atoms with Crippen LogP contribution in [0, 0.1) is 5.41 Å². The minimum Gasteiger partial charge on any atom is -0.342 e. The average molecular weight is 392 g/mol. The molecule has 2 aromatic rings. The Kier molecular flexibility index (Phi) is 4.41. The fourth-order valence-electron chi connectivity index (χ4n) is 1.67. The van der Waals surface area contributed by atoms with Crippen molar-refractivity contribution in [2.24, 2.45) is 5.41 Å². The van der Waals surface area contributed by atoms with Crippen LogP contribution in [0.4, 0.5) is 0 Å². The van der Waals surface area contributed by atoms with Crippen LogP contribution < -0.4 is 0 Å². The summed E-state index contributed by atoms with van der Waals surface area (Å²) in [5.41, 5.74) is 0.353. The summed E-state index contributed by atoms with van der Waals surface area (Å²) < 4.78 is 30.2. The van der Waals surface area contributed by atoms with Gasteiger partial charge in [-0.2, -0.15) is 8.42 Å². The zero-order valence-electron chi connectivity index (χ0n) is 11.7. The van der Waals surface area contributed by atoms with E-state index >= 15 is 0 Å². The molecule has 2 rings (SSSR count). The quantitative estimate of drug-likeness (QED) is 0.745. The van der Waals surface area contributed by atoms with Gasteiger partial charge in [0.15, 0.2) is 3.92 Å². The van der Waals surface area contributed by atoms with E-state index in [0.717, 1.165) is 0 Å². The second-order valence-corrected chi connectivity index (χ2v) is 9.60. The average Bonchev–Trinajstić information content (AvgIpc) is 2.64. The highest BCUT2D eigenvalue weighted by atomic mass is 79.9. The molecule has 0 fully saturated rings. The standard InChI is InChI=1S/C13H14BrNO4S2/c1-13(2,3)7-11(16)19-21(17,18)8-4-5-9-10(6-8)20-12(14)15-9/h4-6H,7H2,1-3H3. The van der Waals surface area contributed by atoms with Crippen LogP contribution in [-0.2, 0) is 19.1 Å². The lowest BCUT2D eigenvalue weighted by Gasteiger charge is -2.16. The van der Waals surface area contributed by atoms with Crippen molar-refractivity contribution in [3.63, 3.8) is 0 Å². The number of benzene rings is 1. The van der Waals surface area contributed by atoms with E-state index in [0.29, 0.717) is 14.1 Å². The van der Waals surface area contributed by atoms with Gasteiger partial charge in [0.05, 0.1) is 16.6 Å². The zero-order chi connectivity index (χ0) is 15.8. The molecular formula is C13H14BrNO4S2. The summed E-state index contributed by atoms with van der Waals surface area (Å²) >= 11 is 4.56. The second kappa shape index (κ2) is 5.66. The monoisotopic (exact) mass is 391 g/mol. The molecule has 1 aromatic heterocycles. The number of nitrogens with zero attached hydrogens (tertiary/aromatic N) is 1. The summed E-state index contributed by atoms with van der Waals surface area (Å²) in [4.78, 5) is 15.8. The van der Waals surface area contributed by atoms with Crippen LogP contribution >= 0.6 is 27.3 Å². The molecule has 0 N–H and O–H groups in total. The SMILES string of the molecule is CC(C)(C)CC(=O)OS(=O)(=O)c1ccc2nc(Br)sc2c1. The highest BCUT2D eigenvalue weighted by Gasteiger charge is 2.24. The van der Waals surface area contributed by atoms with Crippen LogP contribution in [0.3, 0.4) is 0 Å². The molecule has 5 nitrogen and oxygen atoms in total. The van der Waals surface area contributed by atoms with Crippen molar-refractivity contribution in [3.8, 4) is 0 Å². The molecule has 0 radical (unpaired) electrons. The van der Waals surface area contributed by atoms with Gasteiger partial charge in [0, 0.05) is 0 Å². The molecule has 1 aromatic carbocycles. The Morgan fingerprint density at radius 3 is 2.67 bits per heavy atom. The Balaban J connectivity index is 2.27. The van der Waals surface area contributed by atoms with Crippen molar-refractivity contribution in [1.82, 2.24) is 4.98 Å². The van der Waals surface area contributed by atoms with Gasteiger partial charge in [-0.15, -0.1) is 11.3 Å². The molecule has 0 unspecified atom stereocenters. The van der Waals surface area contributed by atoms with Gasteiger partial charge < -0.3 is 4.18 Å². The van der Waals surface area contributed by atoms with Crippen molar-refractivity contribution in [2.45, 2.75) is 32.1 Å². The van der Waals surface area contributed by atoms with Gasteiger partial charge in [-0.05, 0) is 39.5 Å². The largest absolute Gasteiger partial charge is 0.342 e. The molecule has 0 atom stereocenters. The van der Waals surface area contributed by atoms with E-state index in [9.17, 15) is 13.2 Å². The molecule has 0 spiro atoms. The van der Waals surface area contributed by atoms with Crippen molar-refractivity contribution >= 4 is 53.6 Å². The second-order valence-electron chi connectivity index (χ2n) is 5.74. The van der Waals surface area contributed by atoms with Crippen molar-refractivity contribution in [3.05, 3.63) is 22.1 Å². The minimum atomic E-state index is -4.10. The predicted molar refractivity (Wildman–Crippen MR) is 84.7 cm³/mol. The summed E-state index contributed by atoms with van der Waals surface area (Å²) in [5, 5.41) is 0. The summed E-state index contributed by atoms with van der Waals surface area (Å²) in [6.45, 7) is 5.51. The molecule has 0 aliphatic heterocycles. The summed E-state index contributed by atoms with van der Waals surface area (Å²) in [6.07, 6.45) is 0.0284. The lowest BCUT2D eigenvalue weighted by molar-refractivity contribution is -0.135. The Bertz CT molecular complexity index is 790. The van der Waals surface area contributed by atoms with Crippen LogP contribution in [0.5, 0.6) is 0 Å². The van der Waals surface area contributed by atoms with Crippen molar-refractivity contribution in [1.29, 1.82) is 0 Å². The summed E-state index contributed by atoms with van der Waals surface area (Å²) in [7, 11) is -4.10. The van der Waals surface area contributed by atoms with Gasteiger partial charge in [0.2, 0.25) is 0 Å². The van der Waals surface area contributed by atoms with Gasteiger partial charge in [-0.25, -0.2) is 4.98 Å². The summed E-state index contributed by atoms with van der Waals surface area (Å²) in [6, 6.07) is 4.42. The maximum Gasteiger partial charge on any atom is 0.341 e. The van der Waals surface area contributed by atoms with E-state index < -0.39 is 16.1 Å². The van der Waals surface area contributed by atoms with Gasteiger partial charge in [0.1, 0.15) is 4.90 Å². The van der Waals surface area contributed by atoms with Crippen LogP contribution in [0.25, 0.3) is 10.2 Å². The van der Waals surface area contributed by atoms with E-state index in [1.54, 1.807) is 6.07 Å². The van der Waals surface area contributed by atoms with E-state index in [1.807, 2.05) is 20.8 Å². The number of aromatic nitrogens is 1. The van der Waals surface area contributed by atoms with Gasteiger partial charge in [-0.1, -0.05) is 20.8 Å². The third kappa shape index (κ3) is 4.24. The highest BCUT2D eigenvalue weighted by molar-refractivity contribution is 9.11. The van der Waals surface area contributed by atoms with E-state index in [-0.39, 0.29) is 16.7 Å². The van der Waals surface area contributed by atoms with Crippen molar-refractivity contribution in [2.75, 3.05) is 0 Å². The molecule has 0 aliphatic carbocycles. The number of fused-ring (bicyclic) bond motifs is 1. The molecule has 0 bridgehead atoms. The number of rotatable bonds is 3. The van der Waals surface area contributed by atoms with Gasteiger partial charge >= 0.3 is 16.1 Å². The van der Waals surface area contributed by atoms with E-state index in [4.69, 9.17) is 0 Å². The maximum atomic E-state index is 12.1. The molecule has 0 saturated heterocycles. The van der Waals surface area contributed by atoms with Crippen LogP contribution in [0.2, 0.25) is 0 Å². The first-order chi connectivity index (χ1) is 9.57. The number of hydrogen-bond acceptors (Lipinski definition) is 6. The molecule has 0 saturated carbocycles. The Hall–Kier alpha value is -0.990. The third-order valence-corrected chi connectivity index (χ3v) is 5.21. The third-order valence-electron chi connectivity index (χ3n) is 2.50. The molecule has 0 amide bonds. The number of halogens is 1. The zero-order valence-corrected chi connectivity index (χ0v) is 14.9. The predicted octanol–water partition coefficient (Wildman–Crippen LogP) is 3.73. The van der Waals surface area contributed by atoms with Gasteiger partial charge in [0.25, 0.3) is 0 Å². The number of carbonyl (C=O) groups excluding carboxylic acids is 1. The van der Waals surface area contributed by atoms with Crippen molar-refractivity contribution < 1.29 is 17.4 Å². The molecular weight excluding hydrogens is 378 g/mol. The Labute approximate surface area is 135 Å². The Morgan fingerprint density at radius 2 is 2.05 bits per heavy atom.